The third-order valence-electron chi connectivity index (χ3n) is 4.79. The monoisotopic (exact) mass is 385 g/mol. The number of halogens is 2. The van der Waals surface area contributed by atoms with Crippen LogP contribution in [0.4, 0.5) is 8.78 Å². The Hall–Kier alpha value is -3.22. The molecule has 2 aromatic carbocycles. The molecular formula is C21H17F2NO4. The Labute approximate surface area is 159 Å². The highest BCUT2D eigenvalue weighted by Crippen LogP contribution is 2.41. The van der Waals surface area contributed by atoms with Crippen molar-refractivity contribution in [3.63, 3.8) is 0 Å². The molecule has 1 fully saturated rings. The molecular weight excluding hydrogens is 368 g/mol. The Balaban J connectivity index is 1.92. The minimum atomic E-state index is -1.40. The summed E-state index contributed by atoms with van der Waals surface area (Å²) in [4.78, 5) is 28.3. The summed E-state index contributed by atoms with van der Waals surface area (Å²) in [5, 5.41) is 0.570. The highest BCUT2D eigenvalue weighted by Gasteiger charge is 2.49. The average Bonchev–Trinajstić information content (AvgIpc) is 3.00. The van der Waals surface area contributed by atoms with E-state index in [1.165, 1.54) is 50.2 Å². The van der Waals surface area contributed by atoms with Crippen LogP contribution in [0, 0.1) is 17.6 Å². The molecule has 0 amide bonds. The molecule has 1 aliphatic rings. The van der Waals surface area contributed by atoms with E-state index in [4.69, 9.17) is 9.47 Å². The predicted molar refractivity (Wildman–Crippen MR) is 96.3 cm³/mol. The molecule has 1 aromatic heterocycles. The van der Waals surface area contributed by atoms with Crippen LogP contribution >= 0.6 is 0 Å². The topological polar surface area (TPSA) is 68.4 Å². The van der Waals surface area contributed by atoms with Crippen molar-refractivity contribution in [2.24, 2.45) is 5.92 Å². The van der Waals surface area contributed by atoms with E-state index in [9.17, 15) is 18.4 Å². The fourth-order valence-corrected chi connectivity index (χ4v) is 3.63. The van der Waals surface area contributed by atoms with Crippen LogP contribution < -0.4 is 0 Å². The smallest absolute Gasteiger partial charge is 0.324 e. The molecule has 5 nitrogen and oxygen atoms in total. The number of H-pyrrole nitrogens is 1. The molecule has 0 bridgehead atoms. The van der Waals surface area contributed by atoms with E-state index in [2.05, 4.69) is 4.98 Å². The number of benzene rings is 2. The zero-order chi connectivity index (χ0) is 20.1. The maximum Gasteiger partial charge on any atom is 0.324 e. The molecule has 0 radical (unpaired) electrons. The number of carbonyl (C=O) groups excluding carboxylic acids is 2. The molecule has 4 rings (SSSR count). The van der Waals surface area contributed by atoms with Gasteiger partial charge in [-0.1, -0.05) is 18.2 Å². The van der Waals surface area contributed by atoms with Crippen LogP contribution in [0.25, 0.3) is 10.9 Å². The van der Waals surface area contributed by atoms with Crippen molar-refractivity contribution >= 4 is 22.8 Å². The molecule has 1 N–H and O–H groups in total. The van der Waals surface area contributed by atoms with E-state index in [-0.39, 0.29) is 5.56 Å². The lowest BCUT2D eigenvalue weighted by molar-refractivity contribution is -0.240. The minimum Gasteiger partial charge on any atom is -0.422 e. The van der Waals surface area contributed by atoms with Gasteiger partial charge in [-0.2, -0.15) is 0 Å². The zero-order valence-electron chi connectivity index (χ0n) is 15.2. The predicted octanol–water partition coefficient (Wildman–Crippen LogP) is 4.03. The van der Waals surface area contributed by atoms with Gasteiger partial charge in [-0.3, -0.25) is 9.59 Å². The van der Waals surface area contributed by atoms with Gasteiger partial charge in [-0.05, 0) is 35.4 Å². The van der Waals surface area contributed by atoms with Gasteiger partial charge in [0.1, 0.15) is 11.6 Å². The maximum absolute atomic E-state index is 14.7. The van der Waals surface area contributed by atoms with Gasteiger partial charge in [0, 0.05) is 36.9 Å². The van der Waals surface area contributed by atoms with Gasteiger partial charge in [-0.25, -0.2) is 8.78 Å². The first-order valence-corrected chi connectivity index (χ1v) is 8.73. The van der Waals surface area contributed by atoms with E-state index in [0.29, 0.717) is 16.5 Å². The zero-order valence-corrected chi connectivity index (χ0v) is 15.2. The average molecular weight is 385 g/mol. The largest absolute Gasteiger partial charge is 0.422 e. The van der Waals surface area contributed by atoms with Gasteiger partial charge >= 0.3 is 11.9 Å². The minimum absolute atomic E-state index is 0.145. The molecule has 1 atom stereocenters. The van der Waals surface area contributed by atoms with Crippen LogP contribution in [0.3, 0.4) is 0 Å². The number of ether oxygens (including phenoxy) is 2. The highest BCUT2D eigenvalue weighted by molar-refractivity contribution is 5.99. The van der Waals surface area contributed by atoms with Gasteiger partial charge in [0.25, 0.3) is 5.79 Å². The molecule has 1 saturated heterocycles. The van der Waals surface area contributed by atoms with Crippen LogP contribution in [0.5, 0.6) is 0 Å². The number of cyclic esters (lactones) is 2. The summed E-state index contributed by atoms with van der Waals surface area (Å²) in [7, 11) is 0. The van der Waals surface area contributed by atoms with Crippen LogP contribution in [0.1, 0.15) is 30.9 Å². The number of esters is 2. The van der Waals surface area contributed by atoms with Crippen molar-refractivity contribution < 1.29 is 27.8 Å². The summed E-state index contributed by atoms with van der Waals surface area (Å²) in [6, 6.07) is 9.96. The van der Waals surface area contributed by atoms with E-state index < -0.39 is 41.2 Å². The quantitative estimate of drug-likeness (QED) is 0.546. The Morgan fingerprint density at radius 1 is 1.00 bits per heavy atom. The molecule has 3 aromatic rings. The van der Waals surface area contributed by atoms with E-state index >= 15 is 0 Å². The fraction of sp³-hybridized carbons (Fsp3) is 0.238. The number of carbonyl (C=O) groups is 2. The summed E-state index contributed by atoms with van der Waals surface area (Å²) in [6.45, 7) is 2.90. The highest BCUT2D eigenvalue weighted by atomic mass is 19.1. The molecule has 7 heteroatoms. The molecule has 1 aliphatic heterocycles. The number of aromatic amines is 1. The number of aromatic nitrogens is 1. The summed E-state index contributed by atoms with van der Waals surface area (Å²) < 4.78 is 38.8. The van der Waals surface area contributed by atoms with Crippen LogP contribution in [0.2, 0.25) is 0 Å². The first-order chi connectivity index (χ1) is 13.3. The van der Waals surface area contributed by atoms with Crippen molar-refractivity contribution in [3.05, 3.63) is 71.4 Å². The fourth-order valence-electron chi connectivity index (χ4n) is 3.63. The van der Waals surface area contributed by atoms with Gasteiger partial charge in [-0.15, -0.1) is 0 Å². The summed E-state index contributed by atoms with van der Waals surface area (Å²) in [6.07, 6.45) is 1.54. The van der Waals surface area contributed by atoms with Crippen LogP contribution in [-0.2, 0) is 19.1 Å². The van der Waals surface area contributed by atoms with Crippen LogP contribution in [0.15, 0.2) is 48.7 Å². The van der Waals surface area contributed by atoms with E-state index in [0.717, 1.165) is 0 Å². The van der Waals surface area contributed by atoms with Crippen molar-refractivity contribution in [3.8, 4) is 0 Å². The van der Waals surface area contributed by atoms with Crippen LogP contribution in [-0.4, -0.2) is 22.7 Å². The molecule has 0 saturated carbocycles. The van der Waals surface area contributed by atoms with Gasteiger partial charge < -0.3 is 14.5 Å². The third-order valence-corrected chi connectivity index (χ3v) is 4.79. The number of hydrogen-bond donors (Lipinski definition) is 1. The Kier molecular flexibility index (Phi) is 4.18. The molecule has 0 spiro atoms. The number of hydrogen-bond acceptors (Lipinski definition) is 4. The molecule has 28 heavy (non-hydrogen) atoms. The first kappa shape index (κ1) is 18.2. The second-order valence-electron chi connectivity index (χ2n) is 7.15. The SMILES string of the molecule is CC1(C)OC(=O)C(C(c2ccccc2F)c2c[nH]c3cc(F)ccc23)C(=O)O1. The van der Waals surface area contributed by atoms with E-state index in [1.807, 2.05) is 0 Å². The van der Waals surface area contributed by atoms with Gasteiger partial charge in [0.2, 0.25) is 0 Å². The standard InChI is InChI=1S/C21H17F2NO4/c1-21(2)27-19(25)18(20(26)28-21)17(13-5-3-4-6-15(13)23)14-10-24-16-9-11(22)7-8-12(14)16/h3-10,17-18,24H,1-2H3. The third kappa shape index (κ3) is 3.02. The van der Waals surface area contributed by atoms with Crippen molar-refractivity contribution in [1.29, 1.82) is 0 Å². The Bertz CT molecular complexity index is 1070. The lowest BCUT2D eigenvalue weighted by Gasteiger charge is -2.36. The van der Waals surface area contributed by atoms with Gasteiger partial charge in [0.05, 0.1) is 0 Å². The number of nitrogens with one attached hydrogen (secondary N) is 1. The normalized spacial score (nSPS) is 18.0. The summed E-state index contributed by atoms with van der Waals surface area (Å²) in [5.41, 5.74) is 1.08. The molecule has 2 heterocycles. The first-order valence-electron chi connectivity index (χ1n) is 8.73. The van der Waals surface area contributed by atoms with Crippen molar-refractivity contribution in [1.82, 2.24) is 4.98 Å². The van der Waals surface area contributed by atoms with Gasteiger partial charge in [0.15, 0.2) is 5.92 Å². The molecule has 1 unspecified atom stereocenters. The second kappa shape index (κ2) is 6.44. The van der Waals surface area contributed by atoms with Crippen molar-refractivity contribution in [2.75, 3.05) is 0 Å². The summed E-state index contributed by atoms with van der Waals surface area (Å²) in [5.74, 6) is -6.41. The Morgan fingerprint density at radius 2 is 1.68 bits per heavy atom. The second-order valence-corrected chi connectivity index (χ2v) is 7.15. The lowest BCUT2D eigenvalue weighted by atomic mass is 9.79. The van der Waals surface area contributed by atoms with Crippen molar-refractivity contribution in [2.45, 2.75) is 25.6 Å². The molecule has 144 valence electrons. The summed E-state index contributed by atoms with van der Waals surface area (Å²) >= 11 is 0. The Morgan fingerprint density at radius 3 is 2.36 bits per heavy atom. The number of rotatable bonds is 3. The van der Waals surface area contributed by atoms with E-state index in [1.54, 1.807) is 12.3 Å². The molecule has 0 aliphatic carbocycles. The lowest BCUT2D eigenvalue weighted by Crippen LogP contribution is -2.48. The number of fused-ring (bicyclic) bond motifs is 1. The maximum atomic E-state index is 14.7.